The number of aliphatic carboxylic acids is 1. The molecule has 0 aliphatic heterocycles. The maximum Gasteiger partial charge on any atom is 0.317 e. The first-order valence-electron chi connectivity index (χ1n) is 8.17. The molecule has 0 saturated carbocycles. The van der Waals surface area contributed by atoms with Gasteiger partial charge in [-0.2, -0.15) is 0 Å². The summed E-state index contributed by atoms with van der Waals surface area (Å²) in [5.41, 5.74) is 1.89. The van der Waals surface area contributed by atoms with Gasteiger partial charge in [0.1, 0.15) is 0 Å². The van der Waals surface area contributed by atoms with Gasteiger partial charge < -0.3 is 19.9 Å². The van der Waals surface area contributed by atoms with E-state index in [0.29, 0.717) is 11.5 Å². The van der Waals surface area contributed by atoms with Gasteiger partial charge in [-0.05, 0) is 51.0 Å². The summed E-state index contributed by atoms with van der Waals surface area (Å²) in [6, 6.07) is 3.42. The third-order valence-electron chi connectivity index (χ3n) is 4.03. The van der Waals surface area contributed by atoms with E-state index in [9.17, 15) is 9.59 Å². The average molecular weight is 352 g/mol. The lowest BCUT2D eigenvalue weighted by atomic mass is 10.0. The van der Waals surface area contributed by atoms with Crippen molar-refractivity contribution >= 4 is 11.9 Å². The minimum Gasteiger partial charge on any atom is -0.493 e. The molecule has 0 radical (unpaired) electrons. The van der Waals surface area contributed by atoms with Crippen LogP contribution in [-0.2, 0) is 9.59 Å². The van der Waals surface area contributed by atoms with Crippen molar-refractivity contribution in [1.82, 2.24) is 10.2 Å². The van der Waals surface area contributed by atoms with Crippen molar-refractivity contribution in [1.29, 1.82) is 0 Å². The third kappa shape index (κ3) is 5.94. The number of methoxy groups -OCH3 is 2. The van der Waals surface area contributed by atoms with Crippen LogP contribution >= 0.6 is 0 Å². The van der Waals surface area contributed by atoms with Crippen LogP contribution in [0.2, 0.25) is 0 Å². The molecule has 0 bridgehead atoms. The molecule has 1 rings (SSSR count). The second kappa shape index (κ2) is 9.27. The van der Waals surface area contributed by atoms with Crippen LogP contribution in [0.1, 0.15) is 37.9 Å². The molecule has 0 aromatic heterocycles. The van der Waals surface area contributed by atoms with Gasteiger partial charge in [0.15, 0.2) is 11.5 Å². The molecule has 1 atom stereocenters. The molecule has 0 heterocycles. The second-order valence-corrected chi connectivity index (χ2v) is 6.25. The first kappa shape index (κ1) is 20.8. The normalized spacial score (nSPS) is 12.2. The van der Waals surface area contributed by atoms with Crippen molar-refractivity contribution in [3.8, 4) is 11.5 Å². The van der Waals surface area contributed by atoms with Gasteiger partial charge in [0.25, 0.3) is 0 Å². The molecule has 1 amide bonds. The number of hydrogen-bond acceptors (Lipinski definition) is 5. The van der Waals surface area contributed by atoms with E-state index in [1.807, 2.05) is 39.8 Å². The number of ether oxygens (including phenoxy) is 2. The summed E-state index contributed by atoms with van der Waals surface area (Å²) < 4.78 is 10.6. The molecule has 0 spiro atoms. The molecule has 0 aliphatic rings. The molecule has 1 aromatic carbocycles. The topological polar surface area (TPSA) is 88.1 Å². The summed E-state index contributed by atoms with van der Waals surface area (Å²) in [6.07, 6.45) is 0. The monoisotopic (exact) mass is 352 g/mol. The van der Waals surface area contributed by atoms with Gasteiger partial charge in [-0.25, -0.2) is 0 Å². The van der Waals surface area contributed by atoms with Crippen molar-refractivity contribution in [3.63, 3.8) is 0 Å². The van der Waals surface area contributed by atoms with Crippen LogP contribution in [0.15, 0.2) is 12.1 Å². The molecule has 7 heteroatoms. The number of nitrogens with one attached hydrogen (secondary N) is 1. The highest BCUT2D eigenvalue weighted by Gasteiger charge is 2.20. The number of benzene rings is 1. The molecule has 2 N–H and O–H groups in total. The van der Waals surface area contributed by atoms with Crippen molar-refractivity contribution in [2.75, 3.05) is 27.3 Å². The molecule has 7 nitrogen and oxygen atoms in total. The molecule has 1 unspecified atom stereocenters. The first-order valence-corrected chi connectivity index (χ1v) is 8.17. The van der Waals surface area contributed by atoms with Gasteiger partial charge in [-0.15, -0.1) is 0 Å². The maximum absolute atomic E-state index is 12.3. The van der Waals surface area contributed by atoms with E-state index < -0.39 is 5.97 Å². The van der Waals surface area contributed by atoms with Crippen LogP contribution in [0.5, 0.6) is 11.5 Å². The largest absolute Gasteiger partial charge is 0.493 e. The summed E-state index contributed by atoms with van der Waals surface area (Å²) in [5.74, 6) is 0.0514. The Kier molecular flexibility index (Phi) is 7.70. The highest BCUT2D eigenvalue weighted by Crippen LogP contribution is 2.32. The zero-order valence-corrected chi connectivity index (χ0v) is 15.8. The van der Waals surface area contributed by atoms with Crippen LogP contribution in [0.3, 0.4) is 0 Å². The molecule has 140 valence electrons. The summed E-state index contributed by atoms with van der Waals surface area (Å²) >= 11 is 0. The number of hydrogen-bond donors (Lipinski definition) is 2. The Morgan fingerprint density at radius 1 is 1.12 bits per heavy atom. The van der Waals surface area contributed by atoms with Gasteiger partial charge >= 0.3 is 5.97 Å². The number of amides is 1. The summed E-state index contributed by atoms with van der Waals surface area (Å²) in [4.78, 5) is 24.8. The maximum atomic E-state index is 12.3. The standard InChI is InChI=1S/C18H28N2O5/c1-11(2)20(10-18(22)23)9-17(21)19-13(4)14-8-16(25-6)15(24-5)7-12(14)3/h7-8,11,13H,9-10H2,1-6H3,(H,19,21)(H,22,23). The Bertz CT molecular complexity index is 616. The van der Waals surface area contributed by atoms with Gasteiger partial charge in [0, 0.05) is 6.04 Å². The predicted molar refractivity (Wildman–Crippen MR) is 95.2 cm³/mol. The van der Waals surface area contributed by atoms with Gasteiger partial charge in [-0.1, -0.05) is 0 Å². The molecule has 25 heavy (non-hydrogen) atoms. The second-order valence-electron chi connectivity index (χ2n) is 6.25. The number of carboxylic acids is 1. The van der Waals surface area contributed by atoms with Crippen LogP contribution < -0.4 is 14.8 Å². The van der Waals surface area contributed by atoms with E-state index in [1.54, 1.807) is 19.1 Å². The number of carboxylic acid groups (broad SMARTS) is 1. The summed E-state index contributed by atoms with van der Waals surface area (Å²) in [7, 11) is 3.14. The lowest BCUT2D eigenvalue weighted by Crippen LogP contribution is -2.43. The van der Waals surface area contributed by atoms with Gasteiger partial charge in [0.2, 0.25) is 5.91 Å². The zero-order valence-electron chi connectivity index (χ0n) is 15.8. The third-order valence-corrected chi connectivity index (χ3v) is 4.03. The molecular formula is C18H28N2O5. The van der Waals surface area contributed by atoms with Gasteiger partial charge in [0.05, 0.1) is 33.4 Å². The SMILES string of the molecule is COc1cc(C)c(C(C)NC(=O)CN(CC(=O)O)C(C)C)cc1OC. The van der Waals surface area contributed by atoms with E-state index in [2.05, 4.69) is 5.32 Å². The fourth-order valence-electron chi connectivity index (χ4n) is 2.61. The van der Waals surface area contributed by atoms with Crippen LogP contribution in [0.4, 0.5) is 0 Å². The number of rotatable bonds is 9. The van der Waals surface area contributed by atoms with E-state index >= 15 is 0 Å². The summed E-state index contributed by atoms with van der Waals surface area (Å²) in [6.45, 7) is 7.39. The number of nitrogens with zero attached hydrogens (tertiary/aromatic N) is 1. The van der Waals surface area contributed by atoms with Crippen LogP contribution in [-0.4, -0.2) is 55.2 Å². The molecular weight excluding hydrogens is 324 g/mol. The average Bonchev–Trinajstić information content (AvgIpc) is 2.52. The Balaban J connectivity index is 2.85. The van der Waals surface area contributed by atoms with Crippen molar-refractivity contribution in [2.24, 2.45) is 0 Å². The molecule has 0 aliphatic carbocycles. The Labute approximate surface area is 148 Å². The highest BCUT2D eigenvalue weighted by molar-refractivity contribution is 5.79. The Hall–Kier alpha value is -2.28. The van der Waals surface area contributed by atoms with Crippen molar-refractivity contribution in [2.45, 2.75) is 39.8 Å². The van der Waals surface area contributed by atoms with E-state index in [-0.39, 0.29) is 31.1 Å². The van der Waals surface area contributed by atoms with Gasteiger partial charge in [-0.3, -0.25) is 14.5 Å². The Morgan fingerprint density at radius 3 is 2.16 bits per heavy atom. The fraction of sp³-hybridized carbons (Fsp3) is 0.556. The highest BCUT2D eigenvalue weighted by atomic mass is 16.5. The minimum atomic E-state index is -0.953. The molecule has 0 fully saturated rings. The first-order chi connectivity index (χ1) is 11.7. The van der Waals surface area contributed by atoms with Crippen molar-refractivity contribution < 1.29 is 24.2 Å². The van der Waals surface area contributed by atoms with E-state index in [0.717, 1.165) is 11.1 Å². The van der Waals surface area contributed by atoms with E-state index in [1.165, 1.54) is 0 Å². The lowest BCUT2D eigenvalue weighted by molar-refractivity contribution is -0.139. The smallest absolute Gasteiger partial charge is 0.317 e. The quantitative estimate of drug-likeness (QED) is 0.707. The van der Waals surface area contributed by atoms with Crippen molar-refractivity contribution in [3.05, 3.63) is 23.3 Å². The summed E-state index contributed by atoms with van der Waals surface area (Å²) in [5, 5.41) is 11.9. The minimum absolute atomic E-state index is 0.0284. The zero-order chi connectivity index (χ0) is 19.1. The fourth-order valence-corrected chi connectivity index (χ4v) is 2.61. The number of aryl methyl sites for hydroxylation is 1. The number of carbonyl (C=O) groups excluding carboxylic acids is 1. The number of carbonyl (C=O) groups is 2. The predicted octanol–water partition coefficient (Wildman–Crippen LogP) is 1.98. The van der Waals surface area contributed by atoms with Crippen LogP contribution in [0, 0.1) is 6.92 Å². The van der Waals surface area contributed by atoms with E-state index in [4.69, 9.17) is 14.6 Å². The molecule has 1 aromatic rings. The Morgan fingerprint density at radius 2 is 1.68 bits per heavy atom. The molecule has 0 saturated heterocycles. The lowest BCUT2D eigenvalue weighted by Gasteiger charge is -2.25. The van der Waals surface area contributed by atoms with Crippen LogP contribution in [0.25, 0.3) is 0 Å².